The van der Waals surface area contributed by atoms with E-state index in [9.17, 15) is 38.9 Å². The molecule has 6 aliphatic rings. The zero-order valence-corrected chi connectivity index (χ0v) is 47.4. The smallest absolute Gasteiger partial charge is 0.744 e. The summed E-state index contributed by atoms with van der Waals surface area (Å²) in [6.45, 7) is 0. The zero-order valence-electron chi connectivity index (χ0n) is 43.6. The van der Waals surface area contributed by atoms with Gasteiger partial charge in [-0.25, -0.2) is 55.2 Å². The Morgan fingerprint density at radius 1 is 0.235 bits per heavy atom. The van der Waals surface area contributed by atoms with Crippen LogP contribution >= 0.6 is 0 Å². The van der Waals surface area contributed by atoms with E-state index in [2.05, 4.69) is 59.8 Å². The molecule has 0 fully saturated rings. The second-order valence-corrected chi connectivity index (χ2v) is 23.5. The fourth-order valence-corrected chi connectivity index (χ4v) is 11.5. The fraction of sp³-hybridized carbons (Fsp3) is 0. The average Bonchev–Trinajstić information content (AvgIpc) is 4.23. The number of nitrogens with one attached hydrogen (secondary N) is 6. The van der Waals surface area contributed by atoms with Gasteiger partial charge < -0.3 is 43.6 Å². The molecule has 416 valence electrons. The van der Waals surface area contributed by atoms with Gasteiger partial charge in [0.25, 0.3) is 0 Å². The van der Waals surface area contributed by atoms with Crippen LogP contribution in [-0.4, -0.2) is 98.7 Å². The van der Waals surface area contributed by atoms with Gasteiger partial charge in [-0.05, 0) is 200 Å². The molecule has 24 bridgehead atoms. The van der Waals surface area contributed by atoms with E-state index in [1.807, 2.05) is 127 Å². The maximum absolute atomic E-state index is 11.7. The van der Waals surface area contributed by atoms with E-state index >= 15 is 0 Å². The van der Waals surface area contributed by atoms with Gasteiger partial charge in [-0.3, -0.25) is 0 Å². The van der Waals surface area contributed by atoms with E-state index in [1.165, 1.54) is 18.2 Å². The number of rotatable bonds is 3. The minimum Gasteiger partial charge on any atom is -0.744 e. The topological polar surface area (TPSA) is 344 Å². The van der Waals surface area contributed by atoms with Crippen molar-refractivity contribution in [3.8, 4) is 0 Å². The molecule has 15 heterocycles. The molecule has 21 nitrogen and oxygen atoms in total. The van der Waals surface area contributed by atoms with Crippen LogP contribution < -0.4 is 0 Å². The summed E-state index contributed by atoms with van der Waals surface area (Å²) in [4.78, 5) is 44.7. The summed E-state index contributed by atoms with van der Waals surface area (Å²) in [5, 5.41) is 0. The Labute approximate surface area is 494 Å². The van der Waals surface area contributed by atoms with E-state index in [1.54, 1.807) is 54.6 Å². The second-order valence-electron chi connectivity index (χ2n) is 19.5. The van der Waals surface area contributed by atoms with Gasteiger partial charge in [0, 0.05) is 49.7 Å². The van der Waals surface area contributed by atoms with Gasteiger partial charge in [0.15, 0.2) is 0 Å². The molecule has 0 saturated heterocycles. The largest absolute Gasteiger partial charge is 3.00 e. The van der Waals surface area contributed by atoms with Gasteiger partial charge >= 0.3 is 18.6 Å². The monoisotopic (exact) mass is 1220 g/mol. The van der Waals surface area contributed by atoms with E-state index < -0.39 is 30.4 Å². The van der Waals surface area contributed by atoms with Crippen LogP contribution in [0, 0.1) is 0 Å². The third-order valence-electron chi connectivity index (χ3n) is 13.2. The van der Waals surface area contributed by atoms with Crippen molar-refractivity contribution >= 4 is 169 Å². The first kappa shape index (κ1) is 55.6. The van der Waals surface area contributed by atoms with Crippen molar-refractivity contribution in [2.75, 3.05) is 0 Å². The Balaban J connectivity index is 0.000000124. The molecule has 85 heavy (non-hydrogen) atoms. The number of nitrogens with zero attached hydrogens (tertiary/aromatic N) is 6. The van der Waals surface area contributed by atoms with Crippen molar-refractivity contribution in [1.82, 2.24) is 59.8 Å². The number of aromatic nitrogens is 12. The maximum atomic E-state index is 11.7. The van der Waals surface area contributed by atoms with Crippen molar-refractivity contribution in [1.29, 1.82) is 0 Å². The standard InChI is InChI=1S/3C20H14N4O3S.V/c3*25-28(26,27)20-11-18-9-16-4-3-14(22-16)7-12-1-2-13(21-12)8-15-5-6-17(23-15)10-19(20)24-18;/h3*1-11,21,24H,(H,25,26,27);/q;;;+3/p-3. The molecule has 0 saturated carbocycles. The first-order valence-electron chi connectivity index (χ1n) is 25.4. The van der Waals surface area contributed by atoms with Crippen molar-refractivity contribution < 1.29 is 57.5 Å². The van der Waals surface area contributed by atoms with Crippen LogP contribution in [0.1, 0.15) is 68.3 Å². The quantitative estimate of drug-likeness (QED) is 0.0896. The molecule has 9 aromatic rings. The van der Waals surface area contributed by atoms with Gasteiger partial charge in [-0.1, -0.05) is 0 Å². The van der Waals surface area contributed by atoms with Crippen molar-refractivity contribution in [2.24, 2.45) is 0 Å². The molecule has 0 unspecified atom stereocenters. The van der Waals surface area contributed by atoms with Crippen LogP contribution in [0.5, 0.6) is 0 Å². The van der Waals surface area contributed by atoms with Crippen LogP contribution in [0.4, 0.5) is 0 Å². The Hall–Kier alpha value is -9.89. The zero-order chi connectivity index (χ0) is 57.9. The Bertz CT molecular complexity index is 4870. The Morgan fingerprint density at radius 2 is 0.400 bits per heavy atom. The van der Waals surface area contributed by atoms with Crippen LogP contribution in [0.25, 0.3) is 139 Å². The van der Waals surface area contributed by atoms with Crippen molar-refractivity contribution in [3.63, 3.8) is 0 Å². The number of fused-ring (bicyclic) bond motifs is 24. The van der Waals surface area contributed by atoms with Crippen LogP contribution in [0.3, 0.4) is 0 Å². The molecular formula is C60H39N12O9S3V. The summed E-state index contributed by atoms with van der Waals surface area (Å²) in [6.07, 6.45) is 21.8. The van der Waals surface area contributed by atoms with Crippen molar-refractivity contribution in [3.05, 3.63) is 196 Å². The molecule has 0 aliphatic carbocycles. The predicted octanol–water partition coefficient (Wildman–Crippen LogP) is 10.7. The van der Waals surface area contributed by atoms with Gasteiger partial charge in [-0.15, -0.1) is 0 Å². The molecule has 0 atom stereocenters. The molecule has 6 aliphatic heterocycles. The Kier molecular flexibility index (Phi) is 14.4. The van der Waals surface area contributed by atoms with Gasteiger partial charge in [-0.2, -0.15) is 0 Å². The molecule has 0 spiro atoms. The molecule has 0 radical (unpaired) electrons. The molecule has 6 N–H and O–H groups in total. The molecule has 15 rings (SSSR count). The SMILES string of the molecule is O=S(=O)([O-])c1cc2cc3nc(cc4ccc(cc5nc(cc1[nH]2)C=C5)[nH]4)C=C3.O=S(=O)([O-])c1cc2cc3nc(cc4ccc(cc5nc(cc1[nH]2)C=C5)[nH]4)C=C3.O=S(=O)([O-])c1cc2cc3nc(cc4ccc(cc5nc(cc1[nH]2)C=C5)[nH]4)C=C3.[V+3]. The molecule has 9 aromatic heterocycles. The second kappa shape index (κ2) is 22.0. The third kappa shape index (κ3) is 12.9. The summed E-state index contributed by atoms with van der Waals surface area (Å²) < 4.78 is 105. The summed E-state index contributed by atoms with van der Waals surface area (Å²) in [5.74, 6) is 0. The van der Waals surface area contributed by atoms with E-state index in [0.717, 1.165) is 50.2 Å². The fourth-order valence-electron chi connectivity index (χ4n) is 9.59. The van der Waals surface area contributed by atoms with Gasteiger partial charge in [0.2, 0.25) is 0 Å². The van der Waals surface area contributed by atoms with Crippen LogP contribution in [0.15, 0.2) is 142 Å². The average molecular weight is 1220 g/mol. The third-order valence-corrected chi connectivity index (χ3v) is 15.8. The summed E-state index contributed by atoms with van der Waals surface area (Å²) in [6, 6.07) is 36.7. The number of hydrogen-bond acceptors (Lipinski definition) is 15. The number of aromatic amines is 6. The van der Waals surface area contributed by atoms with E-state index in [0.29, 0.717) is 67.8 Å². The normalized spacial score (nSPS) is 13.0. The first-order valence-corrected chi connectivity index (χ1v) is 29.6. The van der Waals surface area contributed by atoms with Crippen LogP contribution in [0.2, 0.25) is 0 Å². The Morgan fingerprint density at radius 3 is 0.576 bits per heavy atom. The van der Waals surface area contributed by atoms with Crippen LogP contribution in [-0.2, 0) is 48.9 Å². The summed E-state index contributed by atoms with van der Waals surface area (Å²) >= 11 is 0. The number of H-pyrrole nitrogens is 6. The van der Waals surface area contributed by atoms with E-state index in [4.69, 9.17) is 0 Å². The van der Waals surface area contributed by atoms with E-state index in [-0.39, 0.29) is 49.8 Å². The molecule has 0 aromatic carbocycles. The number of hydrogen-bond donors (Lipinski definition) is 6. The minimum absolute atomic E-state index is 0. The molecular weight excluding hydrogens is 1180 g/mol. The maximum Gasteiger partial charge on any atom is 3.00 e. The minimum atomic E-state index is -4.65. The van der Waals surface area contributed by atoms with Gasteiger partial charge in [0.1, 0.15) is 30.4 Å². The van der Waals surface area contributed by atoms with Crippen molar-refractivity contribution in [2.45, 2.75) is 14.7 Å². The molecule has 0 amide bonds. The summed E-state index contributed by atoms with van der Waals surface area (Å²) in [5.41, 5.74) is 15.3. The predicted molar refractivity (Wildman–Crippen MR) is 320 cm³/mol. The van der Waals surface area contributed by atoms with Gasteiger partial charge in [0.05, 0.1) is 99.6 Å². The first-order chi connectivity index (χ1) is 40.3. The summed E-state index contributed by atoms with van der Waals surface area (Å²) in [7, 11) is -13.9. The molecule has 25 heteroatoms.